The number of aliphatic hydroxyl groups is 1. The van der Waals surface area contributed by atoms with Crippen molar-refractivity contribution in [2.24, 2.45) is 4.99 Å². The molecule has 3 aromatic rings. The standard InChI is InChI=1S/C18H17BrFN3O3/c1-9-15(7-21-8-24)23(17-10(2)22-26-11(17)3)18(16(9)19)13-5-4-12(25)6-14(13)20/h4-7,24-25H,8H2,1-3H3. The molecular weight excluding hydrogens is 405 g/mol. The summed E-state index contributed by atoms with van der Waals surface area (Å²) in [7, 11) is 0. The van der Waals surface area contributed by atoms with E-state index in [0.717, 1.165) is 11.6 Å². The molecule has 0 aliphatic heterocycles. The monoisotopic (exact) mass is 421 g/mol. The molecule has 0 aliphatic rings. The number of phenolic OH excluding ortho intramolecular Hbond substituents is 1. The topological polar surface area (TPSA) is 83.8 Å². The van der Waals surface area contributed by atoms with E-state index >= 15 is 0 Å². The number of hydrogen-bond donors (Lipinski definition) is 2. The molecule has 2 aromatic heterocycles. The molecule has 0 aliphatic carbocycles. The number of hydrogen-bond acceptors (Lipinski definition) is 5. The van der Waals surface area contributed by atoms with Gasteiger partial charge in [-0.2, -0.15) is 0 Å². The van der Waals surface area contributed by atoms with Crippen LogP contribution in [0.1, 0.15) is 22.7 Å². The lowest BCUT2D eigenvalue weighted by molar-refractivity contribution is 0.310. The first-order chi connectivity index (χ1) is 12.4. The van der Waals surface area contributed by atoms with E-state index in [1.807, 2.05) is 6.92 Å². The molecule has 0 saturated heterocycles. The highest BCUT2D eigenvalue weighted by Crippen LogP contribution is 2.40. The van der Waals surface area contributed by atoms with Crippen LogP contribution in [0.3, 0.4) is 0 Å². The summed E-state index contributed by atoms with van der Waals surface area (Å²) < 4.78 is 22.4. The zero-order valence-corrected chi connectivity index (χ0v) is 16.0. The van der Waals surface area contributed by atoms with Gasteiger partial charge in [0.25, 0.3) is 0 Å². The second kappa shape index (κ2) is 7.05. The van der Waals surface area contributed by atoms with Crippen LogP contribution in [0, 0.1) is 26.6 Å². The van der Waals surface area contributed by atoms with E-state index in [1.165, 1.54) is 18.3 Å². The Labute approximate surface area is 157 Å². The number of halogens is 2. The van der Waals surface area contributed by atoms with Gasteiger partial charge in [-0.05, 0) is 54.4 Å². The molecule has 26 heavy (non-hydrogen) atoms. The van der Waals surface area contributed by atoms with Gasteiger partial charge in [-0.25, -0.2) is 4.39 Å². The average Bonchev–Trinajstić information content (AvgIpc) is 3.04. The molecule has 0 atom stereocenters. The largest absolute Gasteiger partial charge is 0.508 e. The van der Waals surface area contributed by atoms with Crippen molar-refractivity contribution in [3.05, 3.63) is 51.2 Å². The molecule has 0 saturated carbocycles. The lowest BCUT2D eigenvalue weighted by atomic mass is 10.1. The van der Waals surface area contributed by atoms with Crippen molar-refractivity contribution in [3.8, 4) is 22.7 Å². The minimum atomic E-state index is -0.568. The van der Waals surface area contributed by atoms with Gasteiger partial charge in [-0.1, -0.05) is 5.16 Å². The van der Waals surface area contributed by atoms with E-state index in [4.69, 9.17) is 9.63 Å². The summed E-state index contributed by atoms with van der Waals surface area (Å²) in [6, 6.07) is 3.99. The van der Waals surface area contributed by atoms with Crippen molar-refractivity contribution < 1.29 is 19.1 Å². The number of aliphatic imine (C=N–C) groups is 1. The summed E-state index contributed by atoms with van der Waals surface area (Å²) >= 11 is 3.54. The highest BCUT2D eigenvalue weighted by atomic mass is 79.9. The Morgan fingerprint density at radius 2 is 2.08 bits per heavy atom. The van der Waals surface area contributed by atoms with Gasteiger partial charge in [0.1, 0.15) is 29.7 Å². The smallest absolute Gasteiger partial charge is 0.157 e. The third-order valence-corrected chi connectivity index (χ3v) is 5.08. The molecule has 0 fully saturated rings. The van der Waals surface area contributed by atoms with Crippen LogP contribution in [0.4, 0.5) is 4.39 Å². The third-order valence-electron chi connectivity index (χ3n) is 4.11. The van der Waals surface area contributed by atoms with Gasteiger partial charge in [0.15, 0.2) is 5.76 Å². The van der Waals surface area contributed by atoms with Crippen LogP contribution >= 0.6 is 15.9 Å². The van der Waals surface area contributed by atoms with Gasteiger partial charge in [-0.3, -0.25) is 4.99 Å². The van der Waals surface area contributed by atoms with Crippen molar-refractivity contribution in [1.82, 2.24) is 9.72 Å². The normalized spacial score (nSPS) is 11.6. The number of benzene rings is 1. The number of rotatable bonds is 4. The van der Waals surface area contributed by atoms with Crippen LogP contribution in [0.25, 0.3) is 16.9 Å². The second-order valence-corrected chi connectivity index (χ2v) is 6.59. The predicted octanol–water partition coefficient (Wildman–Crippen LogP) is 4.03. The third kappa shape index (κ3) is 2.95. The molecule has 0 bridgehead atoms. The molecule has 6 nitrogen and oxygen atoms in total. The molecule has 136 valence electrons. The summed E-state index contributed by atoms with van der Waals surface area (Å²) in [5.41, 5.74) is 3.59. The van der Waals surface area contributed by atoms with Crippen molar-refractivity contribution in [2.45, 2.75) is 20.8 Å². The summed E-state index contributed by atoms with van der Waals surface area (Å²) in [4.78, 5) is 3.92. The Morgan fingerprint density at radius 3 is 2.65 bits per heavy atom. The van der Waals surface area contributed by atoms with Crippen LogP contribution < -0.4 is 0 Å². The Balaban J connectivity index is 2.43. The molecule has 1 aromatic carbocycles. The fourth-order valence-electron chi connectivity index (χ4n) is 2.92. The van der Waals surface area contributed by atoms with Crippen LogP contribution in [0.5, 0.6) is 5.75 Å². The van der Waals surface area contributed by atoms with Crippen LogP contribution in [-0.4, -0.2) is 32.9 Å². The molecular formula is C18H17BrFN3O3. The first kappa shape index (κ1) is 18.3. The first-order valence-electron chi connectivity index (χ1n) is 7.80. The molecule has 2 N–H and O–H groups in total. The van der Waals surface area contributed by atoms with Gasteiger partial charge >= 0.3 is 0 Å². The fourth-order valence-corrected chi connectivity index (χ4v) is 3.52. The molecule has 0 radical (unpaired) electrons. The van der Waals surface area contributed by atoms with Gasteiger partial charge in [-0.15, -0.1) is 0 Å². The molecule has 0 unspecified atom stereocenters. The SMILES string of the molecule is Cc1noc(C)c1-n1c(C=NCO)c(C)c(Br)c1-c1ccc(O)cc1F. The minimum Gasteiger partial charge on any atom is -0.508 e. The van der Waals surface area contributed by atoms with Gasteiger partial charge in [0, 0.05) is 22.3 Å². The van der Waals surface area contributed by atoms with Crippen LogP contribution in [0.2, 0.25) is 0 Å². The van der Waals surface area contributed by atoms with E-state index in [1.54, 1.807) is 18.4 Å². The molecule has 8 heteroatoms. The summed E-state index contributed by atoms with van der Waals surface area (Å²) in [5, 5.41) is 22.6. The maximum Gasteiger partial charge on any atom is 0.157 e. The second-order valence-electron chi connectivity index (χ2n) is 5.80. The highest BCUT2D eigenvalue weighted by molar-refractivity contribution is 9.10. The number of phenols is 1. The number of aliphatic hydroxyl groups excluding tert-OH is 1. The fraction of sp³-hybridized carbons (Fsp3) is 0.222. The van der Waals surface area contributed by atoms with E-state index in [2.05, 4.69) is 26.1 Å². The van der Waals surface area contributed by atoms with Crippen LogP contribution in [-0.2, 0) is 0 Å². The summed E-state index contributed by atoms with van der Waals surface area (Å²) in [6.07, 6.45) is 1.52. The van der Waals surface area contributed by atoms with Gasteiger partial charge in [0.2, 0.25) is 0 Å². The van der Waals surface area contributed by atoms with Gasteiger partial charge < -0.3 is 19.3 Å². The highest BCUT2D eigenvalue weighted by Gasteiger charge is 2.26. The Morgan fingerprint density at radius 1 is 1.35 bits per heavy atom. The molecule has 0 amide bonds. The minimum absolute atomic E-state index is 0.156. The first-order valence-corrected chi connectivity index (χ1v) is 8.59. The zero-order chi connectivity index (χ0) is 19.0. The van der Waals surface area contributed by atoms with Crippen molar-refractivity contribution in [3.63, 3.8) is 0 Å². The number of aryl methyl sites for hydroxylation is 2. The van der Waals surface area contributed by atoms with Crippen LogP contribution in [0.15, 0.2) is 32.2 Å². The van der Waals surface area contributed by atoms with Crippen molar-refractivity contribution in [2.75, 3.05) is 6.73 Å². The Kier molecular flexibility index (Phi) is 4.97. The number of nitrogens with zero attached hydrogens (tertiary/aromatic N) is 3. The van der Waals surface area contributed by atoms with Crippen molar-refractivity contribution in [1.29, 1.82) is 0 Å². The lowest BCUT2D eigenvalue weighted by Gasteiger charge is -2.13. The maximum atomic E-state index is 14.6. The molecule has 2 heterocycles. The summed E-state index contributed by atoms with van der Waals surface area (Å²) in [6.45, 7) is 5.05. The van der Waals surface area contributed by atoms with Crippen molar-refractivity contribution >= 4 is 22.1 Å². The van der Waals surface area contributed by atoms with E-state index < -0.39 is 5.82 Å². The number of aromatic nitrogens is 2. The van der Waals surface area contributed by atoms with E-state index in [-0.39, 0.29) is 12.5 Å². The molecule has 0 spiro atoms. The predicted molar refractivity (Wildman–Crippen MR) is 99.5 cm³/mol. The average molecular weight is 422 g/mol. The Bertz CT molecular complexity index is 988. The molecule has 3 rings (SSSR count). The Hall–Kier alpha value is -2.45. The zero-order valence-electron chi connectivity index (χ0n) is 14.4. The van der Waals surface area contributed by atoms with E-state index in [0.29, 0.717) is 38.6 Å². The van der Waals surface area contributed by atoms with E-state index in [9.17, 15) is 9.50 Å². The quantitative estimate of drug-likeness (QED) is 0.622. The lowest BCUT2D eigenvalue weighted by Crippen LogP contribution is -2.05. The summed E-state index contributed by atoms with van der Waals surface area (Å²) in [5.74, 6) is -0.164. The number of aromatic hydroxyl groups is 1. The maximum absolute atomic E-state index is 14.6. The van der Waals surface area contributed by atoms with Gasteiger partial charge in [0.05, 0.1) is 11.4 Å².